The number of para-hydroxylation sites is 1. The summed E-state index contributed by atoms with van der Waals surface area (Å²) in [6.07, 6.45) is 4.23. The van der Waals surface area contributed by atoms with E-state index in [1.807, 2.05) is 18.4 Å². The third-order valence-corrected chi connectivity index (χ3v) is 6.95. The van der Waals surface area contributed by atoms with Gasteiger partial charge < -0.3 is 20.4 Å². The Hall–Kier alpha value is -1.62. The van der Waals surface area contributed by atoms with Crippen LogP contribution in [0.1, 0.15) is 27.8 Å². The Kier molecular flexibility index (Phi) is 9.83. The Morgan fingerprint density at radius 1 is 1.19 bits per heavy atom. The van der Waals surface area contributed by atoms with Crippen LogP contribution in [0, 0.1) is 6.92 Å². The summed E-state index contributed by atoms with van der Waals surface area (Å²) in [5, 5.41) is 8.36. The Morgan fingerprint density at radius 3 is 2.75 bits per heavy atom. The summed E-state index contributed by atoms with van der Waals surface area (Å²) < 4.78 is 5.56. The van der Waals surface area contributed by atoms with Crippen molar-refractivity contribution in [2.75, 3.05) is 46.4 Å². The Morgan fingerprint density at radius 2 is 2.00 bits per heavy atom. The number of guanidine groups is 1. The molecule has 0 bridgehead atoms. The second kappa shape index (κ2) is 12.6. The number of thiophene rings is 1. The number of ether oxygens (including phenoxy) is 1. The highest BCUT2D eigenvalue weighted by Crippen LogP contribution is 2.28. The normalized spacial score (nSPS) is 16.0. The average molecular weight is 568 g/mol. The smallest absolute Gasteiger partial charge is 0.191 e. The van der Waals surface area contributed by atoms with Crippen molar-refractivity contribution in [3.05, 3.63) is 57.9 Å². The highest BCUT2D eigenvalue weighted by atomic mass is 127. The van der Waals surface area contributed by atoms with E-state index in [0.717, 1.165) is 58.2 Å². The van der Waals surface area contributed by atoms with E-state index in [4.69, 9.17) is 4.74 Å². The number of aromatic amines is 1. The van der Waals surface area contributed by atoms with Gasteiger partial charge in [0, 0.05) is 60.1 Å². The summed E-state index contributed by atoms with van der Waals surface area (Å²) in [6.45, 7) is 7.46. The van der Waals surface area contributed by atoms with Gasteiger partial charge in [-0.3, -0.25) is 9.89 Å². The van der Waals surface area contributed by atoms with Gasteiger partial charge in [0.05, 0.1) is 19.3 Å². The van der Waals surface area contributed by atoms with Crippen LogP contribution in [0.3, 0.4) is 0 Å². The molecule has 1 aromatic carbocycles. The molecule has 1 aliphatic heterocycles. The molecule has 3 aromatic rings. The van der Waals surface area contributed by atoms with Gasteiger partial charge in [0.15, 0.2) is 5.96 Å². The molecule has 0 aliphatic carbocycles. The fourth-order valence-corrected chi connectivity index (χ4v) is 5.18. The van der Waals surface area contributed by atoms with E-state index in [2.05, 4.69) is 75.0 Å². The van der Waals surface area contributed by atoms with E-state index in [1.165, 1.54) is 26.2 Å². The van der Waals surface area contributed by atoms with E-state index in [9.17, 15) is 0 Å². The van der Waals surface area contributed by atoms with Gasteiger partial charge in [-0.1, -0.05) is 18.2 Å². The predicted molar refractivity (Wildman–Crippen MR) is 146 cm³/mol. The minimum atomic E-state index is 0. The maximum absolute atomic E-state index is 5.56. The quantitative estimate of drug-likeness (QED) is 0.164. The number of rotatable bonds is 8. The summed E-state index contributed by atoms with van der Waals surface area (Å²) in [5.41, 5.74) is 2.58. The maximum Gasteiger partial charge on any atom is 0.191 e. The SMILES string of the molecule is CN=C(NCCCc1c[nH]c2ccccc12)NCC(c1ccc(C)s1)N1CCOCC1.I. The van der Waals surface area contributed by atoms with Crippen LogP contribution in [0.4, 0.5) is 0 Å². The highest BCUT2D eigenvalue weighted by molar-refractivity contribution is 14.0. The first-order valence-corrected chi connectivity index (χ1v) is 11.9. The molecule has 8 heteroatoms. The number of benzene rings is 1. The van der Waals surface area contributed by atoms with Gasteiger partial charge in [0.1, 0.15) is 0 Å². The van der Waals surface area contributed by atoms with Gasteiger partial charge >= 0.3 is 0 Å². The Labute approximate surface area is 211 Å². The predicted octanol–water partition coefficient (Wildman–Crippen LogP) is 4.33. The molecule has 1 saturated heterocycles. The molecule has 174 valence electrons. The zero-order valence-corrected chi connectivity index (χ0v) is 22.0. The van der Waals surface area contributed by atoms with Crippen molar-refractivity contribution in [2.24, 2.45) is 4.99 Å². The third kappa shape index (κ3) is 6.46. The monoisotopic (exact) mass is 567 g/mol. The molecule has 3 N–H and O–H groups in total. The van der Waals surface area contributed by atoms with Crippen LogP contribution in [0.5, 0.6) is 0 Å². The van der Waals surface area contributed by atoms with E-state index in [0.29, 0.717) is 6.04 Å². The van der Waals surface area contributed by atoms with Crippen LogP contribution < -0.4 is 10.6 Å². The molecule has 0 spiro atoms. The maximum atomic E-state index is 5.56. The zero-order valence-electron chi connectivity index (χ0n) is 18.9. The fourth-order valence-electron chi connectivity index (χ4n) is 4.17. The van der Waals surface area contributed by atoms with Crippen molar-refractivity contribution < 1.29 is 4.74 Å². The van der Waals surface area contributed by atoms with Gasteiger partial charge in [-0.2, -0.15) is 0 Å². The fraction of sp³-hybridized carbons (Fsp3) is 0.458. The van der Waals surface area contributed by atoms with Crippen LogP contribution in [0.25, 0.3) is 10.9 Å². The molecule has 1 atom stereocenters. The molecule has 32 heavy (non-hydrogen) atoms. The Balaban J connectivity index is 0.00000289. The van der Waals surface area contributed by atoms with Crippen LogP contribution in [0.15, 0.2) is 47.6 Å². The minimum absolute atomic E-state index is 0. The molecule has 0 amide bonds. The average Bonchev–Trinajstić information content (AvgIpc) is 3.42. The number of aliphatic imine (C=N–C) groups is 1. The summed E-state index contributed by atoms with van der Waals surface area (Å²) in [5.74, 6) is 0.866. The lowest BCUT2D eigenvalue weighted by Gasteiger charge is -2.34. The second-order valence-electron chi connectivity index (χ2n) is 7.96. The lowest BCUT2D eigenvalue weighted by Crippen LogP contribution is -2.46. The number of hydrogen-bond acceptors (Lipinski definition) is 4. The number of aromatic nitrogens is 1. The standard InChI is InChI=1S/C24H33N5OS.HI/c1-18-9-10-23(31-18)22(29-12-14-30-15-13-29)17-28-24(25-2)26-11-5-6-19-16-27-21-8-4-3-7-20(19)21;/h3-4,7-10,16,22,27H,5-6,11-15,17H2,1-2H3,(H2,25,26,28);1H. The molecule has 0 saturated carbocycles. The molecule has 3 heterocycles. The lowest BCUT2D eigenvalue weighted by molar-refractivity contribution is 0.0177. The molecule has 1 fully saturated rings. The van der Waals surface area contributed by atoms with Crippen LogP contribution in [0.2, 0.25) is 0 Å². The van der Waals surface area contributed by atoms with Gasteiger partial charge in [-0.05, 0) is 43.5 Å². The van der Waals surface area contributed by atoms with E-state index < -0.39 is 0 Å². The van der Waals surface area contributed by atoms with Crippen molar-refractivity contribution in [3.63, 3.8) is 0 Å². The van der Waals surface area contributed by atoms with E-state index in [1.54, 1.807) is 0 Å². The number of H-pyrrole nitrogens is 1. The molecular formula is C24H34IN5OS. The topological polar surface area (TPSA) is 64.7 Å². The lowest BCUT2D eigenvalue weighted by atomic mass is 10.1. The molecule has 1 unspecified atom stereocenters. The van der Waals surface area contributed by atoms with Crippen LogP contribution in [-0.4, -0.2) is 62.3 Å². The van der Waals surface area contributed by atoms with Gasteiger partial charge in [-0.15, -0.1) is 35.3 Å². The van der Waals surface area contributed by atoms with Crippen molar-refractivity contribution >= 4 is 52.2 Å². The highest BCUT2D eigenvalue weighted by Gasteiger charge is 2.24. The summed E-state index contributed by atoms with van der Waals surface area (Å²) >= 11 is 1.88. The number of aryl methyl sites for hydroxylation is 2. The first-order valence-electron chi connectivity index (χ1n) is 11.1. The number of morpholine rings is 1. The van der Waals surface area contributed by atoms with Crippen LogP contribution in [-0.2, 0) is 11.2 Å². The largest absolute Gasteiger partial charge is 0.379 e. The number of hydrogen-bond donors (Lipinski definition) is 3. The number of fused-ring (bicyclic) bond motifs is 1. The van der Waals surface area contributed by atoms with E-state index >= 15 is 0 Å². The van der Waals surface area contributed by atoms with Crippen molar-refractivity contribution in [2.45, 2.75) is 25.8 Å². The van der Waals surface area contributed by atoms with Gasteiger partial charge in [0.25, 0.3) is 0 Å². The number of halogens is 1. The molecular weight excluding hydrogens is 533 g/mol. The molecule has 1 aliphatic rings. The van der Waals surface area contributed by atoms with E-state index in [-0.39, 0.29) is 24.0 Å². The second-order valence-corrected chi connectivity index (χ2v) is 9.27. The van der Waals surface area contributed by atoms with Crippen molar-refractivity contribution in [1.82, 2.24) is 20.5 Å². The molecule has 6 nitrogen and oxygen atoms in total. The summed E-state index contributed by atoms with van der Waals surface area (Å²) in [4.78, 5) is 13.1. The molecule has 4 rings (SSSR count). The first-order chi connectivity index (χ1) is 15.2. The van der Waals surface area contributed by atoms with Crippen LogP contribution >= 0.6 is 35.3 Å². The third-order valence-electron chi connectivity index (χ3n) is 5.85. The van der Waals surface area contributed by atoms with Crippen molar-refractivity contribution in [3.8, 4) is 0 Å². The van der Waals surface area contributed by atoms with Crippen molar-refractivity contribution in [1.29, 1.82) is 0 Å². The Bertz CT molecular complexity index is 995. The number of nitrogens with zero attached hydrogens (tertiary/aromatic N) is 2. The zero-order chi connectivity index (χ0) is 21.5. The van der Waals surface area contributed by atoms with Gasteiger partial charge in [-0.25, -0.2) is 0 Å². The number of nitrogens with one attached hydrogen (secondary N) is 3. The van der Waals surface area contributed by atoms with Gasteiger partial charge in [0.2, 0.25) is 0 Å². The summed E-state index contributed by atoms with van der Waals surface area (Å²) in [6, 6.07) is 13.3. The molecule has 2 aromatic heterocycles. The first kappa shape index (κ1) is 25.0. The molecule has 0 radical (unpaired) electrons. The minimum Gasteiger partial charge on any atom is -0.379 e. The summed E-state index contributed by atoms with van der Waals surface area (Å²) in [7, 11) is 1.84.